The molecule has 2 nitrogen and oxygen atoms in total. The molecule has 0 spiro atoms. The highest BCUT2D eigenvalue weighted by Crippen LogP contribution is 2.31. The Morgan fingerprint density at radius 2 is 2.23 bits per heavy atom. The van der Waals surface area contributed by atoms with Gasteiger partial charge in [0.25, 0.3) is 0 Å². The van der Waals surface area contributed by atoms with Crippen molar-refractivity contribution >= 4 is 0 Å². The minimum Gasteiger partial charge on any atom is -0.387 e. The molecule has 2 unspecified atom stereocenters. The number of hydrogen-bond donors (Lipinski definition) is 2. The molecule has 0 amide bonds. The Morgan fingerprint density at radius 1 is 1.46 bits per heavy atom. The standard InChI is InChI=1S/C11H15NO/c1-7-3-4-9-8(5-7)6-10(12-2)11(9)13/h3-5,10-13H,6H2,1-2H3. The third-order valence-corrected chi connectivity index (χ3v) is 2.81. The second kappa shape index (κ2) is 3.13. The van der Waals surface area contributed by atoms with Crippen molar-refractivity contribution < 1.29 is 5.11 Å². The summed E-state index contributed by atoms with van der Waals surface area (Å²) in [6.45, 7) is 2.08. The van der Waals surface area contributed by atoms with E-state index in [1.165, 1.54) is 11.1 Å². The zero-order valence-electron chi connectivity index (χ0n) is 8.04. The van der Waals surface area contributed by atoms with Gasteiger partial charge in [0.05, 0.1) is 6.10 Å². The third-order valence-electron chi connectivity index (χ3n) is 2.81. The first-order valence-electron chi connectivity index (χ1n) is 4.67. The predicted octanol–water partition coefficient (Wildman–Crippen LogP) is 1.17. The van der Waals surface area contributed by atoms with Gasteiger partial charge in [-0.1, -0.05) is 23.8 Å². The molecule has 2 atom stereocenters. The van der Waals surface area contributed by atoms with Gasteiger partial charge >= 0.3 is 0 Å². The lowest BCUT2D eigenvalue weighted by molar-refractivity contribution is 0.146. The number of likely N-dealkylation sites (N-methyl/N-ethyl adjacent to an activating group) is 1. The SMILES string of the molecule is CNC1Cc2cc(C)ccc2C1O. The second-order valence-corrected chi connectivity index (χ2v) is 3.75. The molecule has 1 aromatic rings. The minimum atomic E-state index is -0.333. The van der Waals surface area contributed by atoms with Crippen molar-refractivity contribution in [2.75, 3.05) is 7.05 Å². The average molecular weight is 177 g/mol. The Morgan fingerprint density at radius 3 is 2.92 bits per heavy atom. The van der Waals surface area contributed by atoms with E-state index in [4.69, 9.17) is 0 Å². The van der Waals surface area contributed by atoms with Crippen molar-refractivity contribution in [3.05, 3.63) is 34.9 Å². The van der Waals surface area contributed by atoms with Crippen molar-refractivity contribution in [3.8, 4) is 0 Å². The Bertz CT molecular complexity index is 322. The third kappa shape index (κ3) is 1.36. The Hall–Kier alpha value is -0.860. The van der Waals surface area contributed by atoms with E-state index in [0.29, 0.717) is 0 Å². The number of fused-ring (bicyclic) bond motifs is 1. The molecule has 0 radical (unpaired) electrons. The van der Waals surface area contributed by atoms with Gasteiger partial charge in [-0.2, -0.15) is 0 Å². The number of aliphatic hydroxyl groups is 1. The lowest BCUT2D eigenvalue weighted by Crippen LogP contribution is -2.29. The van der Waals surface area contributed by atoms with Crippen molar-refractivity contribution in [1.29, 1.82) is 0 Å². The van der Waals surface area contributed by atoms with Crippen LogP contribution in [0.3, 0.4) is 0 Å². The summed E-state index contributed by atoms with van der Waals surface area (Å²) in [5.74, 6) is 0. The summed E-state index contributed by atoms with van der Waals surface area (Å²) in [5, 5.41) is 13.0. The Kier molecular flexibility index (Phi) is 2.10. The molecule has 0 saturated heterocycles. The molecule has 13 heavy (non-hydrogen) atoms. The summed E-state index contributed by atoms with van der Waals surface area (Å²) in [5.41, 5.74) is 3.64. The molecule has 0 fully saturated rings. The first-order valence-corrected chi connectivity index (χ1v) is 4.67. The molecule has 2 heteroatoms. The number of benzene rings is 1. The molecule has 70 valence electrons. The summed E-state index contributed by atoms with van der Waals surface area (Å²) in [6, 6.07) is 6.44. The minimum absolute atomic E-state index is 0.191. The van der Waals surface area contributed by atoms with Gasteiger partial charge in [0.15, 0.2) is 0 Å². The molecular weight excluding hydrogens is 162 g/mol. The molecule has 1 aromatic carbocycles. The number of rotatable bonds is 1. The second-order valence-electron chi connectivity index (χ2n) is 3.75. The van der Waals surface area contributed by atoms with Crippen LogP contribution in [-0.2, 0) is 6.42 Å². The van der Waals surface area contributed by atoms with Crippen LogP contribution in [0.15, 0.2) is 18.2 Å². The number of nitrogens with one attached hydrogen (secondary N) is 1. The zero-order valence-corrected chi connectivity index (χ0v) is 8.04. The smallest absolute Gasteiger partial charge is 0.0948 e. The van der Waals surface area contributed by atoms with Gasteiger partial charge < -0.3 is 10.4 Å². The predicted molar refractivity (Wildman–Crippen MR) is 52.7 cm³/mol. The van der Waals surface area contributed by atoms with Crippen LogP contribution in [0.25, 0.3) is 0 Å². The summed E-state index contributed by atoms with van der Waals surface area (Å²) in [6.07, 6.45) is 0.606. The van der Waals surface area contributed by atoms with E-state index in [1.54, 1.807) is 0 Å². The van der Waals surface area contributed by atoms with Crippen molar-refractivity contribution in [3.63, 3.8) is 0 Å². The van der Waals surface area contributed by atoms with Gasteiger partial charge in [-0.05, 0) is 31.5 Å². The summed E-state index contributed by atoms with van der Waals surface area (Å²) in [7, 11) is 1.90. The topological polar surface area (TPSA) is 32.3 Å². The van der Waals surface area contributed by atoms with E-state index in [-0.39, 0.29) is 12.1 Å². The van der Waals surface area contributed by atoms with Crippen LogP contribution in [0.5, 0.6) is 0 Å². The number of hydrogen-bond acceptors (Lipinski definition) is 2. The van der Waals surface area contributed by atoms with Crippen molar-refractivity contribution in [2.24, 2.45) is 0 Å². The maximum Gasteiger partial charge on any atom is 0.0948 e. The number of aliphatic hydroxyl groups excluding tert-OH is 1. The Balaban J connectivity index is 2.38. The summed E-state index contributed by atoms with van der Waals surface area (Å²) in [4.78, 5) is 0. The lowest BCUT2D eigenvalue weighted by atomic mass is 10.1. The van der Waals surface area contributed by atoms with E-state index in [9.17, 15) is 5.11 Å². The van der Waals surface area contributed by atoms with Crippen LogP contribution < -0.4 is 5.32 Å². The lowest BCUT2D eigenvalue weighted by Gasteiger charge is -2.12. The molecule has 0 aromatic heterocycles. The van der Waals surface area contributed by atoms with Crippen molar-refractivity contribution in [2.45, 2.75) is 25.5 Å². The highest BCUT2D eigenvalue weighted by molar-refractivity contribution is 5.38. The van der Waals surface area contributed by atoms with Gasteiger partial charge in [-0.3, -0.25) is 0 Å². The number of aryl methyl sites for hydroxylation is 1. The molecule has 0 saturated carbocycles. The van der Waals surface area contributed by atoms with Crippen molar-refractivity contribution in [1.82, 2.24) is 5.32 Å². The van der Waals surface area contributed by atoms with E-state index >= 15 is 0 Å². The molecule has 1 aliphatic rings. The van der Waals surface area contributed by atoms with Gasteiger partial charge in [0.2, 0.25) is 0 Å². The molecule has 2 rings (SSSR count). The van der Waals surface area contributed by atoms with Crippen LogP contribution in [-0.4, -0.2) is 18.2 Å². The molecular formula is C11H15NO. The maximum absolute atomic E-state index is 9.87. The monoisotopic (exact) mass is 177 g/mol. The van der Waals surface area contributed by atoms with Crippen LogP contribution >= 0.6 is 0 Å². The molecule has 0 heterocycles. The molecule has 0 bridgehead atoms. The largest absolute Gasteiger partial charge is 0.387 e. The Labute approximate surface area is 78.6 Å². The van der Waals surface area contributed by atoms with Gasteiger partial charge in [-0.15, -0.1) is 0 Å². The van der Waals surface area contributed by atoms with Crippen LogP contribution in [0.2, 0.25) is 0 Å². The van der Waals surface area contributed by atoms with E-state index < -0.39 is 0 Å². The average Bonchev–Trinajstić information content (AvgIpc) is 2.42. The van der Waals surface area contributed by atoms with Crippen LogP contribution in [0.1, 0.15) is 22.8 Å². The fourth-order valence-corrected chi connectivity index (χ4v) is 2.03. The van der Waals surface area contributed by atoms with Crippen LogP contribution in [0, 0.1) is 6.92 Å². The first kappa shape index (κ1) is 8.73. The van der Waals surface area contributed by atoms with E-state index in [0.717, 1.165) is 12.0 Å². The molecule has 1 aliphatic carbocycles. The highest BCUT2D eigenvalue weighted by Gasteiger charge is 2.29. The van der Waals surface area contributed by atoms with E-state index in [1.807, 2.05) is 13.1 Å². The quantitative estimate of drug-likeness (QED) is 0.675. The van der Waals surface area contributed by atoms with Gasteiger partial charge in [-0.25, -0.2) is 0 Å². The van der Waals surface area contributed by atoms with Gasteiger partial charge in [0, 0.05) is 6.04 Å². The fourth-order valence-electron chi connectivity index (χ4n) is 2.03. The molecule has 2 N–H and O–H groups in total. The normalized spacial score (nSPS) is 26.1. The van der Waals surface area contributed by atoms with Gasteiger partial charge in [0.1, 0.15) is 0 Å². The zero-order chi connectivity index (χ0) is 9.42. The first-order chi connectivity index (χ1) is 6.22. The van der Waals surface area contributed by atoms with E-state index in [2.05, 4.69) is 24.4 Å². The fraction of sp³-hybridized carbons (Fsp3) is 0.455. The van der Waals surface area contributed by atoms with Crippen LogP contribution in [0.4, 0.5) is 0 Å². The summed E-state index contributed by atoms with van der Waals surface area (Å²) >= 11 is 0. The summed E-state index contributed by atoms with van der Waals surface area (Å²) < 4.78 is 0. The maximum atomic E-state index is 9.87. The highest BCUT2D eigenvalue weighted by atomic mass is 16.3. The molecule has 0 aliphatic heterocycles.